The lowest BCUT2D eigenvalue weighted by Crippen LogP contribution is -2.48. The van der Waals surface area contributed by atoms with E-state index in [-0.39, 0.29) is 18.0 Å². The molecule has 1 fully saturated rings. The second kappa shape index (κ2) is 9.91. The van der Waals surface area contributed by atoms with E-state index in [0.717, 1.165) is 31.9 Å². The molecule has 1 N–H and O–H groups in total. The highest BCUT2D eigenvalue weighted by Gasteiger charge is 2.29. The van der Waals surface area contributed by atoms with Gasteiger partial charge < -0.3 is 19.5 Å². The summed E-state index contributed by atoms with van der Waals surface area (Å²) in [5, 5.41) is 5.28. The van der Waals surface area contributed by atoms with Gasteiger partial charge in [-0.25, -0.2) is 0 Å². The van der Waals surface area contributed by atoms with Gasteiger partial charge in [0, 0.05) is 24.0 Å². The number of hydrogen-bond donors (Lipinski definition) is 1. The molecule has 28 heavy (non-hydrogen) atoms. The zero-order valence-electron chi connectivity index (χ0n) is 16.6. The molecule has 0 radical (unpaired) electrons. The van der Waals surface area contributed by atoms with Gasteiger partial charge in [0.05, 0.1) is 39.9 Å². The third-order valence-corrected chi connectivity index (χ3v) is 5.89. The van der Waals surface area contributed by atoms with E-state index in [2.05, 4.69) is 34.7 Å². The van der Waals surface area contributed by atoms with Crippen molar-refractivity contribution < 1.29 is 19.0 Å². The molecule has 2 atom stereocenters. The summed E-state index contributed by atoms with van der Waals surface area (Å²) in [7, 11) is 3.19. The van der Waals surface area contributed by atoms with Crippen molar-refractivity contribution in [3.05, 3.63) is 46.2 Å². The lowest BCUT2D eigenvalue weighted by molar-refractivity contribution is -0.121. The van der Waals surface area contributed by atoms with Crippen LogP contribution in [0.3, 0.4) is 0 Å². The number of benzene rings is 1. The van der Waals surface area contributed by atoms with E-state index in [1.807, 2.05) is 18.2 Å². The summed E-state index contributed by atoms with van der Waals surface area (Å²) in [5.41, 5.74) is 0.890. The van der Waals surface area contributed by atoms with E-state index in [9.17, 15) is 4.79 Å². The van der Waals surface area contributed by atoms with Crippen LogP contribution in [0.5, 0.6) is 11.5 Å². The minimum absolute atomic E-state index is 0.00506. The van der Waals surface area contributed by atoms with Crippen molar-refractivity contribution in [2.45, 2.75) is 25.4 Å². The molecule has 1 aliphatic heterocycles. The number of nitrogens with one attached hydrogen (secondary N) is 1. The van der Waals surface area contributed by atoms with E-state index < -0.39 is 0 Å². The lowest BCUT2D eigenvalue weighted by Gasteiger charge is -2.37. The molecule has 1 aromatic carbocycles. The number of methoxy groups -OCH3 is 2. The standard InChI is InChI=1S/C21H28N2O4S/c1-15(21(19-5-4-12-28-19)23-8-10-27-11-9-23)22-20(24)14-16-6-7-17(25-2)18(13-16)26-3/h4-7,12-13,15,21H,8-11,14H2,1-3H3,(H,22,24)/t15-,21+/m0/s1. The molecule has 0 aliphatic carbocycles. The normalized spacial score (nSPS) is 17.0. The smallest absolute Gasteiger partial charge is 0.224 e. The molecule has 1 saturated heterocycles. The largest absolute Gasteiger partial charge is 0.493 e. The molecule has 7 heteroatoms. The minimum Gasteiger partial charge on any atom is -0.493 e. The van der Waals surface area contributed by atoms with Gasteiger partial charge in [-0.3, -0.25) is 9.69 Å². The van der Waals surface area contributed by atoms with Crippen LogP contribution in [0.15, 0.2) is 35.7 Å². The van der Waals surface area contributed by atoms with Gasteiger partial charge in [0.15, 0.2) is 11.5 Å². The predicted octanol–water partition coefficient (Wildman–Crippen LogP) is 2.89. The maximum atomic E-state index is 12.7. The molecule has 1 aliphatic rings. The average Bonchev–Trinajstić information content (AvgIpc) is 3.23. The van der Waals surface area contributed by atoms with Crippen molar-refractivity contribution in [2.75, 3.05) is 40.5 Å². The Morgan fingerprint density at radius 1 is 1.21 bits per heavy atom. The molecule has 2 heterocycles. The van der Waals surface area contributed by atoms with Crippen molar-refractivity contribution in [3.63, 3.8) is 0 Å². The fourth-order valence-electron chi connectivity index (χ4n) is 3.62. The van der Waals surface area contributed by atoms with Crippen LogP contribution >= 0.6 is 11.3 Å². The number of thiophene rings is 1. The molecule has 2 aromatic rings. The van der Waals surface area contributed by atoms with Crippen LogP contribution < -0.4 is 14.8 Å². The van der Waals surface area contributed by atoms with Crippen molar-refractivity contribution >= 4 is 17.2 Å². The summed E-state index contributed by atoms with van der Waals surface area (Å²) in [5.74, 6) is 1.28. The Kier molecular flexibility index (Phi) is 7.30. The maximum absolute atomic E-state index is 12.7. The Balaban J connectivity index is 1.67. The van der Waals surface area contributed by atoms with E-state index in [1.165, 1.54) is 4.88 Å². The molecule has 0 saturated carbocycles. The predicted molar refractivity (Wildman–Crippen MR) is 110 cm³/mol. The first-order chi connectivity index (χ1) is 13.6. The summed E-state index contributed by atoms with van der Waals surface area (Å²) in [6.45, 7) is 5.28. The molecule has 0 unspecified atom stereocenters. The number of rotatable bonds is 8. The number of morpholine rings is 1. The molecule has 1 amide bonds. The topological polar surface area (TPSA) is 60.0 Å². The first-order valence-electron chi connectivity index (χ1n) is 9.48. The third kappa shape index (κ3) is 5.04. The van der Waals surface area contributed by atoms with Crippen LogP contribution in [0.1, 0.15) is 23.4 Å². The summed E-state index contributed by atoms with van der Waals surface area (Å²) >= 11 is 1.73. The Labute approximate surface area is 170 Å². The number of hydrogen-bond acceptors (Lipinski definition) is 6. The highest BCUT2D eigenvalue weighted by atomic mass is 32.1. The van der Waals surface area contributed by atoms with Crippen LogP contribution in [0.4, 0.5) is 0 Å². The third-order valence-electron chi connectivity index (χ3n) is 4.95. The monoisotopic (exact) mass is 404 g/mol. The summed E-state index contributed by atoms with van der Waals surface area (Å²) < 4.78 is 16.1. The zero-order chi connectivity index (χ0) is 19.9. The Morgan fingerprint density at radius 2 is 1.96 bits per heavy atom. The highest BCUT2D eigenvalue weighted by molar-refractivity contribution is 7.10. The number of ether oxygens (including phenoxy) is 3. The van der Waals surface area contributed by atoms with Crippen LogP contribution in [0.25, 0.3) is 0 Å². The minimum atomic E-state index is -0.00982. The Bertz CT molecular complexity index is 760. The van der Waals surface area contributed by atoms with Crippen LogP contribution in [0.2, 0.25) is 0 Å². The Morgan fingerprint density at radius 3 is 2.61 bits per heavy atom. The number of amides is 1. The van der Waals surface area contributed by atoms with Crippen LogP contribution in [-0.2, 0) is 16.0 Å². The second-order valence-electron chi connectivity index (χ2n) is 6.83. The van der Waals surface area contributed by atoms with Gasteiger partial charge in [-0.15, -0.1) is 11.3 Å². The molecule has 0 bridgehead atoms. The summed E-state index contributed by atoms with van der Waals surface area (Å²) in [4.78, 5) is 16.4. The first kappa shape index (κ1) is 20.6. The van der Waals surface area contributed by atoms with Crippen molar-refractivity contribution in [2.24, 2.45) is 0 Å². The van der Waals surface area contributed by atoms with Gasteiger partial charge in [0.1, 0.15) is 0 Å². The number of carbonyl (C=O) groups excluding carboxylic acids is 1. The molecule has 152 valence electrons. The maximum Gasteiger partial charge on any atom is 0.224 e. The quantitative estimate of drug-likeness (QED) is 0.733. The zero-order valence-corrected chi connectivity index (χ0v) is 17.5. The van der Waals surface area contributed by atoms with Gasteiger partial charge in [-0.05, 0) is 36.1 Å². The van der Waals surface area contributed by atoms with E-state index in [0.29, 0.717) is 17.9 Å². The molecule has 1 aromatic heterocycles. The lowest BCUT2D eigenvalue weighted by atomic mass is 10.0. The fraction of sp³-hybridized carbons (Fsp3) is 0.476. The first-order valence-corrected chi connectivity index (χ1v) is 10.4. The van der Waals surface area contributed by atoms with E-state index >= 15 is 0 Å². The highest BCUT2D eigenvalue weighted by Crippen LogP contribution is 2.30. The van der Waals surface area contributed by atoms with Crippen molar-refractivity contribution in [3.8, 4) is 11.5 Å². The summed E-state index contributed by atoms with van der Waals surface area (Å²) in [6, 6.07) is 9.91. The molecule has 0 spiro atoms. The Hall–Kier alpha value is -2.09. The SMILES string of the molecule is COc1ccc(CC(=O)N[C@@H](C)[C@H](c2cccs2)N2CCOCC2)cc1OC. The van der Waals surface area contributed by atoms with Crippen molar-refractivity contribution in [1.29, 1.82) is 0 Å². The van der Waals surface area contributed by atoms with Crippen LogP contribution in [-0.4, -0.2) is 57.4 Å². The van der Waals surface area contributed by atoms with E-state index in [4.69, 9.17) is 14.2 Å². The number of carbonyl (C=O) groups is 1. The van der Waals surface area contributed by atoms with E-state index in [1.54, 1.807) is 25.6 Å². The number of nitrogens with zero attached hydrogens (tertiary/aromatic N) is 1. The van der Waals surface area contributed by atoms with Crippen molar-refractivity contribution in [1.82, 2.24) is 10.2 Å². The molecular weight excluding hydrogens is 376 g/mol. The molecule has 3 rings (SSSR count). The molecule has 6 nitrogen and oxygen atoms in total. The van der Waals surface area contributed by atoms with Gasteiger partial charge in [-0.1, -0.05) is 12.1 Å². The summed E-state index contributed by atoms with van der Waals surface area (Å²) in [6.07, 6.45) is 0.297. The van der Waals surface area contributed by atoms with Gasteiger partial charge >= 0.3 is 0 Å². The fourth-order valence-corrected chi connectivity index (χ4v) is 4.58. The molecular formula is C21H28N2O4S. The van der Waals surface area contributed by atoms with Gasteiger partial charge in [0.25, 0.3) is 0 Å². The van der Waals surface area contributed by atoms with Crippen LogP contribution in [0, 0.1) is 0 Å². The average molecular weight is 405 g/mol. The van der Waals surface area contributed by atoms with Gasteiger partial charge in [-0.2, -0.15) is 0 Å². The second-order valence-corrected chi connectivity index (χ2v) is 7.81. The van der Waals surface area contributed by atoms with Gasteiger partial charge in [0.2, 0.25) is 5.91 Å².